The molecule has 0 radical (unpaired) electrons. The summed E-state index contributed by atoms with van der Waals surface area (Å²) in [6, 6.07) is 7.84. The van der Waals surface area contributed by atoms with Gasteiger partial charge in [-0.3, -0.25) is 0 Å². The third kappa shape index (κ3) is 10.6. The van der Waals surface area contributed by atoms with Crippen molar-refractivity contribution >= 4 is 112 Å². The average molecular weight is 1150 g/mol. The van der Waals surface area contributed by atoms with E-state index >= 15 is 0 Å². The second kappa shape index (κ2) is 20.3. The van der Waals surface area contributed by atoms with Crippen LogP contribution >= 0.6 is 63.7 Å². The first-order chi connectivity index (χ1) is 27.8. The van der Waals surface area contributed by atoms with E-state index in [9.17, 15) is 21.6 Å². The molecule has 0 amide bonds. The lowest BCUT2D eigenvalue weighted by atomic mass is 9.95. The third-order valence-corrected chi connectivity index (χ3v) is 29.2. The maximum Gasteiger partial charge on any atom is 0.534 e. The van der Waals surface area contributed by atoms with Crippen LogP contribution in [-0.4, -0.2) is 30.1 Å². The van der Waals surface area contributed by atoms with Gasteiger partial charge in [-0.05, 0) is 184 Å². The molecule has 0 N–H and O–H groups in total. The van der Waals surface area contributed by atoms with Gasteiger partial charge in [-0.25, -0.2) is 0 Å². The predicted molar refractivity (Wildman–Crippen MR) is 274 cm³/mol. The molecule has 4 rings (SSSR count). The molecule has 0 spiro atoms. The van der Waals surface area contributed by atoms with Gasteiger partial charge in [-0.15, -0.1) is 11.1 Å². The Morgan fingerprint density at radius 1 is 0.492 bits per heavy atom. The topological polar surface area (TPSA) is 43.4 Å². The number of aryl methyl sites for hydroxylation is 4. The number of hydrogen-bond donors (Lipinski definition) is 0. The molecule has 3 nitrogen and oxygen atoms in total. The van der Waals surface area contributed by atoms with Crippen LogP contribution in [0.5, 0.6) is 5.75 Å². The second-order valence-electron chi connectivity index (χ2n) is 18.1. The fourth-order valence-electron chi connectivity index (χ4n) is 9.46. The molecule has 334 valence electrons. The summed E-state index contributed by atoms with van der Waals surface area (Å²) in [6.07, 6.45) is 0. The van der Waals surface area contributed by atoms with E-state index in [1.165, 1.54) is 28.8 Å². The molecule has 0 bridgehead atoms. The Morgan fingerprint density at radius 2 is 0.787 bits per heavy atom. The lowest BCUT2D eigenvalue weighted by Crippen LogP contribution is -2.43. The molecule has 0 saturated carbocycles. The largest absolute Gasteiger partial charge is 0.534 e. The zero-order valence-corrected chi connectivity index (χ0v) is 47.7. The summed E-state index contributed by atoms with van der Waals surface area (Å²) >= 11 is 14.3. The van der Waals surface area contributed by atoms with Gasteiger partial charge in [-0.2, -0.15) is 21.6 Å². The smallest absolute Gasteiger partial charge is 0.375 e. The normalized spacial score (nSPS) is 12.7. The highest BCUT2D eigenvalue weighted by molar-refractivity contribution is 9.11. The van der Waals surface area contributed by atoms with Gasteiger partial charge >= 0.3 is 15.6 Å². The van der Waals surface area contributed by atoms with Crippen molar-refractivity contribution in [2.75, 3.05) is 0 Å². The minimum atomic E-state index is -5.73. The molecule has 4 aromatic carbocycles. The van der Waals surface area contributed by atoms with Crippen molar-refractivity contribution in [3.05, 3.63) is 81.1 Å². The van der Waals surface area contributed by atoms with Crippen LogP contribution < -0.4 is 4.18 Å². The number of benzene rings is 4. The third-order valence-electron chi connectivity index (χ3n) is 13.0. The first-order valence-corrected chi connectivity index (χ1v) is 29.7. The summed E-state index contributed by atoms with van der Waals surface area (Å²) in [5, 5.41) is 3.93. The summed E-state index contributed by atoms with van der Waals surface area (Å²) in [4.78, 5) is 0. The van der Waals surface area contributed by atoms with Crippen molar-refractivity contribution in [2.24, 2.45) is 0 Å². The molecule has 0 aromatic heterocycles. The molecule has 0 fully saturated rings. The van der Waals surface area contributed by atoms with E-state index in [0.29, 0.717) is 44.2 Å². The molecule has 0 aliphatic heterocycles. The lowest BCUT2D eigenvalue weighted by Gasteiger charge is -2.38. The number of rotatable bonds is 8. The molecule has 0 unspecified atom stereocenters. The van der Waals surface area contributed by atoms with Gasteiger partial charge in [0.25, 0.3) is 0 Å². The maximum atomic E-state index is 12.5. The van der Waals surface area contributed by atoms with Gasteiger partial charge in [0, 0.05) is 30.1 Å². The molecule has 0 aliphatic carbocycles. The van der Waals surface area contributed by atoms with Gasteiger partial charge in [0.05, 0.1) is 4.47 Å². The minimum Gasteiger partial charge on any atom is -0.375 e. The molecule has 13 heteroatoms. The van der Waals surface area contributed by atoms with Gasteiger partial charge < -0.3 is 4.18 Å². The second-order valence-corrected chi connectivity index (χ2v) is 34.2. The number of hydrogen-bond acceptors (Lipinski definition) is 3. The number of alkyl halides is 3. The lowest BCUT2D eigenvalue weighted by molar-refractivity contribution is -0.0500. The maximum absolute atomic E-state index is 12.5. The molecule has 0 saturated heterocycles. The Balaban J connectivity index is 0.000000367. The van der Waals surface area contributed by atoms with Crippen LogP contribution in [0.2, 0.25) is 33.2 Å². The Bertz CT molecular complexity index is 2410. The van der Waals surface area contributed by atoms with Crippen molar-refractivity contribution in [3.63, 3.8) is 0 Å². The van der Waals surface area contributed by atoms with Gasteiger partial charge in [0.2, 0.25) is 0 Å². The highest BCUT2D eigenvalue weighted by Gasteiger charge is 2.49. The monoisotopic (exact) mass is 1150 g/mol. The summed E-state index contributed by atoms with van der Waals surface area (Å²) in [5.74, 6) is 7.07. The van der Waals surface area contributed by atoms with Crippen LogP contribution in [0.4, 0.5) is 13.2 Å². The van der Waals surface area contributed by atoms with Crippen molar-refractivity contribution in [1.82, 2.24) is 0 Å². The Labute approximate surface area is 400 Å². The molecule has 0 aliphatic rings. The fraction of sp³-hybridized carbons (Fsp3) is 0.500. The van der Waals surface area contributed by atoms with Crippen molar-refractivity contribution in [3.8, 4) is 28.7 Å². The molecule has 0 heterocycles. The minimum absolute atomic E-state index is 0.139. The van der Waals surface area contributed by atoms with Gasteiger partial charge in [-0.1, -0.05) is 111 Å². The van der Waals surface area contributed by atoms with E-state index in [-0.39, 0.29) is 10.2 Å². The van der Waals surface area contributed by atoms with Crippen LogP contribution in [-0.2, 0) is 10.1 Å². The van der Waals surface area contributed by atoms with Crippen molar-refractivity contribution in [2.45, 2.75) is 156 Å². The van der Waals surface area contributed by atoms with Crippen LogP contribution in [0.15, 0.2) is 42.2 Å². The predicted octanol–water partition coefficient (Wildman–Crippen LogP) is 17.6. The van der Waals surface area contributed by atoms with Crippen molar-refractivity contribution in [1.29, 1.82) is 0 Å². The van der Waals surface area contributed by atoms with Crippen LogP contribution in [0.25, 0.3) is 21.5 Å². The number of fused-ring (bicyclic) bond motifs is 2. The van der Waals surface area contributed by atoms with E-state index in [4.69, 9.17) is 0 Å². The van der Waals surface area contributed by atoms with Gasteiger partial charge in [0.1, 0.15) is 16.1 Å². The Morgan fingerprint density at radius 3 is 1.11 bits per heavy atom. The SMILES string of the molecule is Cc1c(Br)cc2c(C)c(OS(=O)(=O)C(F)(F)F)c(Br)cc2c1C.Cc1c(C#C[Si](C(C)C)(C(C)C)C(C)C)c(Br)cc2c(C)c(C#C[Si](C(C)C)(C(C)C)C(C)C)c(Br)cc12. The zero-order valence-electron chi connectivity index (χ0n) is 38.6. The van der Waals surface area contributed by atoms with E-state index in [1.54, 1.807) is 12.1 Å². The van der Waals surface area contributed by atoms with E-state index in [0.717, 1.165) is 41.1 Å². The Hall–Kier alpha value is -1.59. The first-order valence-electron chi connectivity index (χ1n) is 20.7. The van der Waals surface area contributed by atoms with E-state index in [2.05, 4.69) is 200 Å². The Kier molecular flexibility index (Phi) is 17.9. The quantitative estimate of drug-likeness (QED) is 0.0764. The fourth-order valence-corrected chi connectivity index (χ4v) is 22.9. The summed E-state index contributed by atoms with van der Waals surface area (Å²) in [6.45, 7) is 38.3. The molecular formula is C48H61Br4F3O3SSi2. The zero-order chi connectivity index (χ0) is 47.1. The van der Waals surface area contributed by atoms with Crippen LogP contribution in [0.1, 0.15) is 122 Å². The standard InChI is InChI=1S/C34H50Br2Si2.C14H11Br2F3O3S/c1-21(2)37(22(3)4,23(5)6)17-15-29-27(13)31-20-34(36)30(28(14)32(31)19-33(29)35)16-18-38(24(7)8,25(9)10)26(11)12;1-6-7(2)11(15)4-10-8(3)13(12(16)5-9(6)10)22-23(20,21)14(17,18)19/h19-26H,1-14H3;4-5H,1-3H3. The average Bonchev–Trinajstić information content (AvgIpc) is 3.12. The highest BCUT2D eigenvalue weighted by atomic mass is 79.9. The van der Waals surface area contributed by atoms with Crippen molar-refractivity contribution < 1.29 is 25.8 Å². The molecular weight excluding hydrogens is 1090 g/mol. The van der Waals surface area contributed by atoms with Crippen LogP contribution in [0.3, 0.4) is 0 Å². The summed E-state index contributed by atoms with van der Waals surface area (Å²) in [7, 11) is -9.37. The summed E-state index contributed by atoms with van der Waals surface area (Å²) in [5.41, 5.74) is 13.1. The number of halogens is 7. The molecule has 4 aromatic rings. The first kappa shape index (κ1) is 53.8. The van der Waals surface area contributed by atoms with E-state index < -0.39 is 31.8 Å². The van der Waals surface area contributed by atoms with Gasteiger partial charge in [0.15, 0.2) is 5.75 Å². The molecule has 0 atom stereocenters. The van der Waals surface area contributed by atoms with Crippen LogP contribution in [0, 0.1) is 57.5 Å². The summed E-state index contributed by atoms with van der Waals surface area (Å²) < 4.78 is 67.6. The van der Waals surface area contributed by atoms with E-state index in [1.807, 2.05) is 13.8 Å². The molecule has 61 heavy (non-hydrogen) atoms. The highest BCUT2D eigenvalue weighted by Crippen LogP contribution is 2.44.